The molecule has 0 aromatic carbocycles. The molecule has 2 rings (SSSR count). The molecule has 0 aliphatic carbocycles. The molecule has 1 amide bonds. The van der Waals surface area contributed by atoms with Crippen molar-refractivity contribution in [2.24, 2.45) is 0 Å². The van der Waals surface area contributed by atoms with Crippen molar-refractivity contribution < 1.29 is 19.4 Å². The van der Waals surface area contributed by atoms with Gasteiger partial charge in [0.05, 0.1) is 13.2 Å². The normalized spacial score (nSPS) is 18.1. The molecule has 1 aromatic heterocycles. The number of nitrogens with one attached hydrogen (secondary N) is 1. The van der Waals surface area contributed by atoms with Gasteiger partial charge in [-0.25, -0.2) is 4.79 Å². The number of carbonyl (C=O) groups is 1. The molecule has 2 N–H and O–H groups in total. The summed E-state index contributed by atoms with van der Waals surface area (Å²) in [5.74, 6) is 0.0776. The molecule has 2 atom stereocenters. The quantitative estimate of drug-likeness (QED) is 0.226. The molecule has 0 unspecified atom stereocenters. The Morgan fingerprint density at radius 1 is 1.09 bits per heavy atom. The highest BCUT2D eigenvalue weighted by Crippen LogP contribution is 2.19. The lowest BCUT2D eigenvalue weighted by Gasteiger charge is -2.12. The van der Waals surface area contributed by atoms with Gasteiger partial charge in [0.25, 0.3) is 0 Å². The van der Waals surface area contributed by atoms with E-state index in [1.165, 1.54) is 68.6 Å². The number of nitrogens with zero attached hydrogens (tertiary/aromatic N) is 2. The van der Waals surface area contributed by atoms with Crippen molar-refractivity contribution in [3.63, 3.8) is 0 Å². The molecular weight excluding hydrogens is 434 g/mol. The summed E-state index contributed by atoms with van der Waals surface area (Å²) in [5.41, 5.74) is -0.540. The van der Waals surface area contributed by atoms with Gasteiger partial charge in [-0.05, 0) is 38.2 Å². The molecular formula is C26H43N3O5. The molecule has 1 aliphatic rings. The topological polar surface area (TPSA) is 103 Å². The van der Waals surface area contributed by atoms with Crippen LogP contribution in [0.15, 0.2) is 29.2 Å². The minimum absolute atomic E-state index is 0.149. The van der Waals surface area contributed by atoms with Gasteiger partial charge in [0.2, 0.25) is 5.91 Å². The molecule has 8 heteroatoms. The number of anilines is 1. The van der Waals surface area contributed by atoms with Crippen LogP contribution in [0.3, 0.4) is 0 Å². The van der Waals surface area contributed by atoms with Gasteiger partial charge < -0.3 is 19.9 Å². The maximum Gasteiger partial charge on any atom is 0.351 e. The van der Waals surface area contributed by atoms with E-state index in [1.54, 1.807) is 6.07 Å². The number of hydrogen-bond donors (Lipinski definition) is 2. The predicted octanol–water partition coefficient (Wildman–Crippen LogP) is 5.08. The first kappa shape index (κ1) is 28.2. The first-order chi connectivity index (χ1) is 16.6. The number of amides is 1. The standard InChI is InChI=1S/C26H43N3O5/c1-2-3-4-5-6-7-8-9-10-11-12-13-14-15-16-17-23(31)27-22-18-19-29(26(32)28-22)24-21-33-25(20-30)34-24/h12-13,18-19,24-25,30H,2-11,14-17,20-21H2,1H3,(H,27,28,31,32)/b13-12-/t24-,25-/m0/s1. The van der Waals surface area contributed by atoms with Crippen molar-refractivity contribution in [2.45, 2.75) is 109 Å². The molecule has 0 radical (unpaired) electrons. The number of aliphatic hydroxyl groups excluding tert-OH is 1. The van der Waals surface area contributed by atoms with Gasteiger partial charge in [0.1, 0.15) is 5.82 Å². The maximum absolute atomic E-state index is 12.2. The van der Waals surface area contributed by atoms with Crippen molar-refractivity contribution in [3.05, 3.63) is 34.9 Å². The Balaban J connectivity index is 1.49. The number of carbonyl (C=O) groups excluding carboxylic acids is 1. The molecule has 0 saturated carbocycles. The highest BCUT2D eigenvalue weighted by Gasteiger charge is 2.27. The predicted molar refractivity (Wildman–Crippen MR) is 134 cm³/mol. The number of hydrogen-bond acceptors (Lipinski definition) is 6. The molecule has 1 aliphatic heterocycles. The van der Waals surface area contributed by atoms with Crippen molar-refractivity contribution in [2.75, 3.05) is 18.5 Å². The van der Waals surface area contributed by atoms with Crippen LogP contribution < -0.4 is 11.0 Å². The van der Waals surface area contributed by atoms with E-state index in [2.05, 4.69) is 29.4 Å². The van der Waals surface area contributed by atoms with Crippen LogP contribution in [-0.4, -0.2) is 40.1 Å². The van der Waals surface area contributed by atoms with E-state index < -0.39 is 18.2 Å². The summed E-state index contributed by atoms with van der Waals surface area (Å²) in [7, 11) is 0. The lowest BCUT2D eigenvalue weighted by atomic mass is 10.1. The van der Waals surface area contributed by atoms with Crippen molar-refractivity contribution in [1.29, 1.82) is 0 Å². The van der Waals surface area contributed by atoms with E-state index in [1.807, 2.05) is 0 Å². The Kier molecular flexibility index (Phi) is 14.4. The van der Waals surface area contributed by atoms with Gasteiger partial charge in [-0.1, -0.05) is 70.4 Å². The van der Waals surface area contributed by atoms with Gasteiger partial charge >= 0.3 is 5.69 Å². The zero-order chi connectivity index (χ0) is 24.4. The number of aliphatic hydroxyl groups is 1. The zero-order valence-corrected chi connectivity index (χ0v) is 20.8. The van der Waals surface area contributed by atoms with E-state index in [-0.39, 0.29) is 24.9 Å². The van der Waals surface area contributed by atoms with Gasteiger partial charge in [-0.3, -0.25) is 9.36 Å². The molecule has 34 heavy (non-hydrogen) atoms. The fourth-order valence-electron chi connectivity index (χ4n) is 3.95. The van der Waals surface area contributed by atoms with E-state index in [4.69, 9.17) is 14.6 Å². The zero-order valence-electron chi connectivity index (χ0n) is 20.8. The lowest BCUT2D eigenvalue weighted by molar-refractivity contribution is -0.116. The number of allylic oxidation sites excluding steroid dienone is 2. The molecule has 8 nitrogen and oxygen atoms in total. The van der Waals surface area contributed by atoms with Gasteiger partial charge in [0, 0.05) is 12.6 Å². The monoisotopic (exact) mass is 477 g/mol. The van der Waals surface area contributed by atoms with Gasteiger partial charge in [0.15, 0.2) is 12.5 Å². The highest BCUT2D eigenvalue weighted by atomic mass is 16.7. The van der Waals surface area contributed by atoms with Crippen LogP contribution >= 0.6 is 0 Å². The van der Waals surface area contributed by atoms with Crippen LogP contribution in [-0.2, 0) is 14.3 Å². The average molecular weight is 478 g/mol. The third-order valence-electron chi connectivity index (χ3n) is 5.96. The fourth-order valence-corrected chi connectivity index (χ4v) is 3.95. The van der Waals surface area contributed by atoms with Crippen molar-refractivity contribution in [1.82, 2.24) is 9.55 Å². The van der Waals surface area contributed by atoms with Crippen molar-refractivity contribution in [3.8, 4) is 0 Å². The Hall–Kier alpha value is -2.03. The summed E-state index contributed by atoms with van der Waals surface area (Å²) in [6.07, 6.45) is 21.1. The summed E-state index contributed by atoms with van der Waals surface area (Å²) in [4.78, 5) is 28.2. The van der Waals surface area contributed by atoms with Crippen LogP contribution in [0, 0.1) is 0 Å². The third kappa shape index (κ3) is 11.4. The Morgan fingerprint density at radius 2 is 1.74 bits per heavy atom. The third-order valence-corrected chi connectivity index (χ3v) is 5.96. The second-order valence-corrected chi connectivity index (χ2v) is 8.92. The van der Waals surface area contributed by atoms with E-state index >= 15 is 0 Å². The second-order valence-electron chi connectivity index (χ2n) is 8.92. The van der Waals surface area contributed by atoms with Crippen LogP contribution in [0.4, 0.5) is 5.82 Å². The maximum atomic E-state index is 12.2. The molecule has 2 heterocycles. The number of rotatable bonds is 18. The Labute approximate surface area is 203 Å². The minimum atomic E-state index is -0.735. The summed E-state index contributed by atoms with van der Waals surface area (Å²) in [6, 6.07) is 1.56. The van der Waals surface area contributed by atoms with Gasteiger partial charge in [-0.2, -0.15) is 4.98 Å². The van der Waals surface area contributed by atoms with Crippen LogP contribution in [0.25, 0.3) is 0 Å². The first-order valence-electron chi connectivity index (χ1n) is 13.1. The van der Waals surface area contributed by atoms with E-state index in [0.29, 0.717) is 6.42 Å². The number of aromatic nitrogens is 2. The molecule has 0 spiro atoms. The Morgan fingerprint density at radius 3 is 2.35 bits per heavy atom. The lowest BCUT2D eigenvalue weighted by Crippen LogP contribution is -2.29. The smallest absolute Gasteiger partial charge is 0.351 e. The first-order valence-corrected chi connectivity index (χ1v) is 13.1. The van der Waals surface area contributed by atoms with Crippen LogP contribution in [0.1, 0.15) is 103 Å². The van der Waals surface area contributed by atoms with Gasteiger partial charge in [-0.15, -0.1) is 0 Å². The summed E-state index contributed by atoms with van der Waals surface area (Å²) in [6.45, 7) is 2.14. The summed E-state index contributed by atoms with van der Waals surface area (Å²) < 4.78 is 11.9. The SMILES string of the molecule is CCCCCCCCCCC/C=C\CCCCC(=O)Nc1ccn([C@@H]2CO[C@H](CO)O2)c(=O)n1. The number of ether oxygens (including phenoxy) is 2. The summed E-state index contributed by atoms with van der Waals surface area (Å²) in [5, 5.41) is 11.7. The number of unbranched alkanes of at least 4 members (excludes halogenated alkanes) is 11. The highest BCUT2D eigenvalue weighted by molar-refractivity contribution is 5.89. The fraction of sp³-hybridized carbons (Fsp3) is 0.731. The average Bonchev–Trinajstić information content (AvgIpc) is 3.30. The molecule has 192 valence electrons. The molecule has 1 aromatic rings. The van der Waals surface area contributed by atoms with Crippen LogP contribution in [0.5, 0.6) is 0 Å². The van der Waals surface area contributed by atoms with E-state index in [0.717, 1.165) is 25.7 Å². The summed E-state index contributed by atoms with van der Waals surface area (Å²) >= 11 is 0. The molecule has 1 fully saturated rings. The second kappa shape index (κ2) is 17.4. The minimum Gasteiger partial charge on any atom is -0.391 e. The molecule has 0 bridgehead atoms. The largest absolute Gasteiger partial charge is 0.391 e. The van der Waals surface area contributed by atoms with Crippen LogP contribution in [0.2, 0.25) is 0 Å². The molecule has 1 saturated heterocycles. The van der Waals surface area contributed by atoms with E-state index in [9.17, 15) is 9.59 Å². The van der Waals surface area contributed by atoms with Crippen molar-refractivity contribution >= 4 is 11.7 Å². The Bertz CT molecular complexity index is 780.